The van der Waals surface area contributed by atoms with Gasteiger partial charge in [-0.15, -0.1) is 0 Å². The van der Waals surface area contributed by atoms with Gasteiger partial charge in [0.25, 0.3) is 0 Å². The van der Waals surface area contributed by atoms with E-state index in [0.29, 0.717) is 16.3 Å². The lowest BCUT2D eigenvalue weighted by Gasteiger charge is -2.42. The summed E-state index contributed by atoms with van der Waals surface area (Å²) in [6, 6.07) is 13.6. The van der Waals surface area contributed by atoms with Gasteiger partial charge < -0.3 is 5.73 Å². The Kier molecular flexibility index (Phi) is 4.29. The minimum absolute atomic E-state index is 0.0364. The molecule has 1 aliphatic heterocycles. The number of nitrogens with two attached hydrogens (primary N) is 1. The average Bonchev–Trinajstić information content (AvgIpc) is 2.62. The van der Waals surface area contributed by atoms with Crippen LogP contribution in [0.3, 0.4) is 0 Å². The van der Waals surface area contributed by atoms with Gasteiger partial charge in [0.2, 0.25) is 5.41 Å². The Hall–Kier alpha value is -2.39. The molecule has 0 amide bonds. The third kappa shape index (κ3) is 2.20. The normalized spacial score (nSPS) is 24.8. The maximum absolute atomic E-state index is 9.72. The Labute approximate surface area is 149 Å². The number of allylic oxidation sites excluding steroid dienone is 2. The van der Waals surface area contributed by atoms with E-state index in [2.05, 4.69) is 18.2 Å². The minimum atomic E-state index is -1.56. The largest absolute Gasteiger partial charge is 0.399 e. The molecule has 0 aromatic heterocycles. The van der Waals surface area contributed by atoms with Gasteiger partial charge in [-0.25, -0.2) is 0 Å². The zero-order chi connectivity index (χ0) is 17.3. The Morgan fingerprint density at radius 3 is 2.54 bits per heavy atom. The zero-order valence-corrected chi connectivity index (χ0v) is 14.2. The summed E-state index contributed by atoms with van der Waals surface area (Å²) in [5, 5.41) is 29.7. The van der Waals surface area contributed by atoms with Gasteiger partial charge >= 0.3 is 0 Å². The fourth-order valence-corrected chi connectivity index (χ4v) is 4.83. The van der Waals surface area contributed by atoms with Crippen LogP contribution in [0.1, 0.15) is 11.5 Å². The predicted octanol–water partition coefficient (Wildman–Crippen LogP) is 3.50. The quantitative estimate of drug-likeness (QED) is 0.780. The van der Waals surface area contributed by atoms with Crippen LogP contribution in [0.4, 0.5) is 0 Å². The summed E-state index contributed by atoms with van der Waals surface area (Å²) in [5.41, 5.74) is 6.45. The van der Waals surface area contributed by atoms with Crippen LogP contribution in [0.25, 0.3) is 0 Å². The molecule has 4 nitrogen and oxygen atoms in total. The van der Waals surface area contributed by atoms with Gasteiger partial charge in [-0.05, 0) is 17.2 Å². The van der Waals surface area contributed by atoms with Gasteiger partial charge in [0.05, 0.1) is 29.5 Å². The molecule has 2 atom stereocenters. The second kappa shape index (κ2) is 6.25. The number of halogens is 1. The summed E-state index contributed by atoms with van der Waals surface area (Å²) in [4.78, 5) is 0. The van der Waals surface area contributed by atoms with Crippen LogP contribution in [0.15, 0.2) is 47.2 Å². The first kappa shape index (κ1) is 16.5. The highest BCUT2D eigenvalue weighted by Gasteiger charge is 2.52. The van der Waals surface area contributed by atoms with Crippen molar-refractivity contribution < 1.29 is 0 Å². The Morgan fingerprint density at radius 1 is 1.21 bits per heavy atom. The smallest absolute Gasteiger partial charge is 0.204 e. The fourth-order valence-electron chi connectivity index (χ4n) is 3.52. The summed E-state index contributed by atoms with van der Waals surface area (Å²) in [7, 11) is 0. The summed E-state index contributed by atoms with van der Waals surface area (Å²) in [5.74, 6) is 0.953. The van der Waals surface area contributed by atoms with Crippen LogP contribution in [0, 0.1) is 45.3 Å². The standard InChI is InChI=1S/C18H13ClN4S/c19-15-4-2-1-3-11(15)16-12(7-20)17(23)18(9-21,10-22)14-5-6-24-8-13(14)16/h1-5,13,16H,6,8,23H2/t13-,16-/m0/s1. The number of thioether (sulfide) groups is 1. The van der Waals surface area contributed by atoms with Gasteiger partial charge in [0, 0.05) is 28.4 Å². The van der Waals surface area contributed by atoms with Gasteiger partial charge in [0.1, 0.15) is 0 Å². The van der Waals surface area contributed by atoms with E-state index in [0.717, 1.165) is 11.3 Å². The molecule has 6 heteroatoms. The van der Waals surface area contributed by atoms with Crippen molar-refractivity contribution in [2.24, 2.45) is 17.1 Å². The molecule has 0 radical (unpaired) electrons. The van der Waals surface area contributed by atoms with E-state index in [4.69, 9.17) is 17.3 Å². The number of hydrogen-bond donors (Lipinski definition) is 1. The molecule has 1 heterocycles. The third-order valence-corrected chi connectivity index (χ3v) is 6.00. The molecular weight excluding hydrogens is 340 g/mol. The van der Waals surface area contributed by atoms with E-state index < -0.39 is 5.41 Å². The molecule has 2 N–H and O–H groups in total. The highest BCUT2D eigenvalue weighted by molar-refractivity contribution is 7.99. The Balaban J connectivity index is 2.34. The average molecular weight is 353 g/mol. The number of hydrogen-bond acceptors (Lipinski definition) is 5. The second-order valence-corrected chi connectivity index (χ2v) is 7.20. The van der Waals surface area contributed by atoms with Crippen molar-refractivity contribution >= 4 is 23.4 Å². The molecule has 118 valence electrons. The first-order valence-electron chi connectivity index (χ1n) is 7.36. The number of benzene rings is 1. The maximum Gasteiger partial charge on any atom is 0.204 e. The first-order valence-corrected chi connectivity index (χ1v) is 8.89. The molecule has 0 bridgehead atoms. The lowest BCUT2D eigenvalue weighted by Crippen LogP contribution is -2.41. The van der Waals surface area contributed by atoms with Gasteiger partial charge in [0.15, 0.2) is 0 Å². The fraction of sp³-hybridized carbons (Fsp3) is 0.278. The van der Waals surface area contributed by atoms with Gasteiger partial charge in [-0.2, -0.15) is 27.5 Å². The Morgan fingerprint density at radius 2 is 1.92 bits per heavy atom. The van der Waals surface area contributed by atoms with Crippen molar-refractivity contribution in [1.82, 2.24) is 0 Å². The zero-order valence-electron chi connectivity index (χ0n) is 12.7. The molecule has 1 aromatic carbocycles. The van der Waals surface area contributed by atoms with Crippen molar-refractivity contribution in [1.29, 1.82) is 15.8 Å². The minimum Gasteiger partial charge on any atom is -0.399 e. The number of nitrogens with zero attached hydrogens (tertiary/aromatic N) is 3. The van der Waals surface area contributed by atoms with Crippen molar-refractivity contribution in [3.05, 3.63) is 57.8 Å². The topological polar surface area (TPSA) is 97.4 Å². The molecule has 0 unspecified atom stereocenters. The molecule has 0 fully saturated rings. The summed E-state index contributed by atoms with van der Waals surface area (Å²) < 4.78 is 0. The molecule has 24 heavy (non-hydrogen) atoms. The molecule has 3 rings (SSSR count). The van der Waals surface area contributed by atoms with Crippen molar-refractivity contribution in [3.63, 3.8) is 0 Å². The summed E-state index contributed by atoms with van der Waals surface area (Å²) >= 11 is 8.08. The van der Waals surface area contributed by atoms with E-state index in [9.17, 15) is 15.8 Å². The van der Waals surface area contributed by atoms with Gasteiger partial charge in [-0.1, -0.05) is 35.9 Å². The lowest BCUT2D eigenvalue weighted by atomic mass is 9.61. The highest BCUT2D eigenvalue weighted by atomic mass is 35.5. The Bertz CT molecular complexity index is 868. The molecule has 0 saturated carbocycles. The van der Waals surface area contributed by atoms with Crippen LogP contribution < -0.4 is 5.73 Å². The predicted molar refractivity (Wildman–Crippen MR) is 93.6 cm³/mol. The van der Waals surface area contributed by atoms with Crippen LogP contribution in [0.5, 0.6) is 0 Å². The molecule has 2 aliphatic rings. The van der Waals surface area contributed by atoms with Gasteiger partial charge in [-0.3, -0.25) is 0 Å². The monoisotopic (exact) mass is 352 g/mol. The maximum atomic E-state index is 9.72. The number of fused-ring (bicyclic) bond motifs is 1. The molecule has 0 spiro atoms. The number of nitriles is 3. The third-order valence-electron chi connectivity index (χ3n) is 4.65. The second-order valence-electron chi connectivity index (χ2n) is 5.72. The van der Waals surface area contributed by atoms with E-state index in [1.54, 1.807) is 17.8 Å². The van der Waals surface area contributed by atoms with Crippen LogP contribution >= 0.6 is 23.4 Å². The van der Waals surface area contributed by atoms with Crippen molar-refractivity contribution in [2.75, 3.05) is 11.5 Å². The van der Waals surface area contributed by atoms with E-state index in [1.165, 1.54) is 0 Å². The van der Waals surface area contributed by atoms with E-state index in [1.807, 2.05) is 24.3 Å². The first-order chi connectivity index (χ1) is 11.6. The van der Waals surface area contributed by atoms with E-state index in [-0.39, 0.29) is 23.1 Å². The van der Waals surface area contributed by atoms with E-state index >= 15 is 0 Å². The van der Waals surface area contributed by atoms with Crippen molar-refractivity contribution in [2.45, 2.75) is 5.92 Å². The summed E-state index contributed by atoms with van der Waals surface area (Å²) in [6.45, 7) is 0. The molecule has 1 aliphatic carbocycles. The molecule has 0 saturated heterocycles. The van der Waals surface area contributed by atoms with Crippen LogP contribution in [-0.4, -0.2) is 11.5 Å². The van der Waals surface area contributed by atoms with Crippen molar-refractivity contribution in [3.8, 4) is 18.2 Å². The SMILES string of the molecule is N#CC1=C(N)C(C#N)(C#N)C2=CCSC[C@@H]2[C@H]1c1ccccc1Cl. The number of rotatable bonds is 1. The summed E-state index contributed by atoms with van der Waals surface area (Å²) in [6.07, 6.45) is 1.91. The van der Waals surface area contributed by atoms with Crippen LogP contribution in [-0.2, 0) is 0 Å². The molecule has 1 aromatic rings. The highest BCUT2D eigenvalue weighted by Crippen LogP contribution is 2.54. The lowest BCUT2D eigenvalue weighted by molar-refractivity contribution is 0.476. The van der Waals surface area contributed by atoms with Crippen LogP contribution in [0.2, 0.25) is 5.02 Å². The molecular formula is C18H13ClN4S.